The van der Waals surface area contributed by atoms with Crippen LogP contribution in [0.25, 0.3) is 0 Å². The third-order valence-electron chi connectivity index (χ3n) is 5.23. The van der Waals surface area contributed by atoms with Crippen molar-refractivity contribution >= 4 is 28.3 Å². The molecule has 3 rings (SSSR count). The summed E-state index contributed by atoms with van der Waals surface area (Å²) in [6.07, 6.45) is 0.0846. The number of hydrogen-bond acceptors (Lipinski definition) is 6. The second-order valence-electron chi connectivity index (χ2n) is 7.87. The lowest BCUT2D eigenvalue weighted by Gasteiger charge is -2.34. The maximum atomic E-state index is 12.8. The molecule has 0 radical (unpaired) electrons. The van der Waals surface area contributed by atoms with Crippen LogP contribution in [-0.2, 0) is 10.0 Å². The Morgan fingerprint density at radius 3 is 2.09 bits per heavy atom. The minimum absolute atomic E-state index is 0. The van der Waals surface area contributed by atoms with Crippen LogP contribution in [0.2, 0.25) is 0 Å². The molecule has 1 saturated heterocycles. The Labute approximate surface area is 202 Å². The zero-order valence-electron chi connectivity index (χ0n) is 19.2. The summed E-state index contributed by atoms with van der Waals surface area (Å²) in [6, 6.07) is 13.5. The molecular formula is C23H32ClN3O5S. The first-order chi connectivity index (χ1) is 15.3. The monoisotopic (exact) mass is 497 g/mol. The molecule has 8 nitrogen and oxygen atoms in total. The van der Waals surface area contributed by atoms with Crippen molar-refractivity contribution in [1.29, 1.82) is 0 Å². The van der Waals surface area contributed by atoms with Crippen LogP contribution in [-0.4, -0.2) is 76.0 Å². The number of carbonyl (C=O) groups excluding carboxylic acids is 1. The molecule has 2 aromatic carbocycles. The summed E-state index contributed by atoms with van der Waals surface area (Å²) in [7, 11) is -1.98. The van der Waals surface area contributed by atoms with Gasteiger partial charge in [0.15, 0.2) is 0 Å². The van der Waals surface area contributed by atoms with Crippen molar-refractivity contribution in [3.8, 4) is 11.5 Å². The third-order valence-corrected chi connectivity index (χ3v) is 7.14. The largest absolute Gasteiger partial charge is 0.497 e. The lowest BCUT2D eigenvalue weighted by Crippen LogP contribution is -2.50. The first-order valence-corrected chi connectivity index (χ1v) is 12.1. The fourth-order valence-electron chi connectivity index (χ4n) is 3.48. The lowest BCUT2D eigenvalue weighted by molar-refractivity contribution is 0.0945. The van der Waals surface area contributed by atoms with E-state index in [2.05, 4.69) is 10.2 Å². The summed E-state index contributed by atoms with van der Waals surface area (Å²) >= 11 is 0. The van der Waals surface area contributed by atoms with E-state index in [4.69, 9.17) is 9.47 Å². The fourth-order valence-corrected chi connectivity index (χ4v) is 4.90. The number of ether oxygens (including phenoxy) is 2. The van der Waals surface area contributed by atoms with Crippen LogP contribution in [0.1, 0.15) is 24.2 Å². The van der Waals surface area contributed by atoms with E-state index in [0.717, 1.165) is 5.75 Å². The van der Waals surface area contributed by atoms with Gasteiger partial charge < -0.3 is 14.8 Å². The van der Waals surface area contributed by atoms with Crippen molar-refractivity contribution in [1.82, 2.24) is 14.5 Å². The van der Waals surface area contributed by atoms with Gasteiger partial charge >= 0.3 is 0 Å². The number of nitrogens with one attached hydrogen (secondary N) is 1. The molecule has 1 amide bonds. The van der Waals surface area contributed by atoms with Crippen molar-refractivity contribution < 1.29 is 22.7 Å². The maximum absolute atomic E-state index is 12.8. The molecule has 0 bridgehead atoms. The average Bonchev–Trinajstić information content (AvgIpc) is 2.79. The van der Waals surface area contributed by atoms with E-state index in [9.17, 15) is 13.2 Å². The van der Waals surface area contributed by atoms with Crippen LogP contribution >= 0.6 is 12.4 Å². The molecule has 1 N–H and O–H groups in total. The summed E-state index contributed by atoms with van der Waals surface area (Å²) < 4.78 is 37.9. The topological polar surface area (TPSA) is 88.2 Å². The van der Waals surface area contributed by atoms with Crippen LogP contribution in [0.4, 0.5) is 0 Å². The number of piperazine rings is 1. The van der Waals surface area contributed by atoms with Gasteiger partial charge in [0, 0.05) is 44.8 Å². The van der Waals surface area contributed by atoms with Crippen LogP contribution in [0.15, 0.2) is 53.4 Å². The SMILES string of the molecule is COc1ccc(S(=O)(=O)N2CCN(CCNC(=O)c3ccc(OC(C)C)cc3)CC2)cc1.Cl. The Balaban J connectivity index is 0.00000385. The van der Waals surface area contributed by atoms with Crippen LogP contribution in [0, 0.1) is 0 Å². The van der Waals surface area contributed by atoms with E-state index >= 15 is 0 Å². The Morgan fingerprint density at radius 2 is 1.55 bits per heavy atom. The van der Waals surface area contributed by atoms with Gasteiger partial charge in [0.1, 0.15) is 11.5 Å². The van der Waals surface area contributed by atoms with Crippen LogP contribution in [0.5, 0.6) is 11.5 Å². The van der Waals surface area contributed by atoms with Gasteiger partial charge in [-0.3, -0.25) is 9.69 Å². The Morgan fingerprint density at radius 1 is 0.970 bits per heavy atom. The van der Waals surface area contributed by atoms with E-state index in [-0.39, 0.29) is 29.3 Å². The van der Waals surface area contributed by atoms with Gasteiger partial charge in [-0.2, -0.15) is 4.31 Å². The Bertz CT molecular complexity index is 990. The molecule has 0 saturated carbocycles. The predicted octanol–water partition coefficient (Wildman–Crippen LogP) is 2.64. The highest BCUT2D eigenvalue weighted by Crippen LogP contribution is 2.20. The standard InChI is InChI=1S/C23H31N3O5S.ClH/c1-18(2)31-21-6-4-19(5-7-21)23(27)24-12-13-25-14-16-26(17-15-25)32(28,29)22-10-8-20(30-3)9-11-22;/h4-11,18H,12-17H2,1-3H3,(H,24,27);1H. The van der Waals surface area contributed by atoms with Gasteiger partial charge in [0.2, 0.25) is 10.0 Å². The molecule has 1 heterocycles. The van der Waals surface area contributed by atoms with E-state index in [0.29, 0.717) is 50.6 Å². The Hall–Kier alpha value is -2.33. The highest BCUT2D eigenvalue weighted by molar-refractivity contribution is 7.89. The molecule has 1 fully saturated rings. The lowest BCUT2D eigenvalue weighted by atomic mass is 10.2. The van der Waals surface area contributed by atoms with Crippen LogP contribution in [0.3, 0.4) is 0 Å². The molecule has 1 aliphatic rings. The zero-order valence-corrected chi connectivity index (χ0v) is 20.8. The number of rotatable bonds is 9. The molecule has 0 aromatic heterocycles. The summed E-state index contributed by atoms with van der Waals surface area (Å²) in [4.78, 5) is 14.8. The number of methoxy groups -OCH3 is 1. The molecule has 182 valence electrons. The normalized spacial score (nSPS) is 15.0. The minimum Gasteiger partial charge on any atom is -0.497 e. The third kappa shape index (κ3) is 7.33. The smallest absolute Gasteiger partial charge is 0.251 e. The zero-order chi connectivity index (χ0) is 23.1. The van der Waals surface area contributed by atoms with Gasteiger partial charge in [-0.1, -0.05) is 0 Å². The molecular weight excluding hydrogens is 466 g/mol. The molecule has 2 aromatic rings. The number of halogens is 1. The number of sulfonamides is 1. The number of amides is 1. The first-order valence-electron chi connectivity index (χ1n) is 10.7. The van der Waals surface area contributed by atoms with Crippen molar-refractivity contribution in [3.63, 3.8) is 0 Å². The number of nitrogens with zero attached hydrogens (tertiary/aromatic N) is 2. The molecule has 1 aliphatic heterocycles. The summed E-state index contributed by atoms with van der Waals surface area (Å²) in [5.41, 5.74) is 0.580. The van der Waals surface area contributed by atoms with Crippen molar-refractivity contribution in [2.75, 3.05) is 46.4 Å². The molecule has 0 unspecified atom stereocenters. The summed E-state index contributed by atoms with van der Waals surface area (Å²) in [6.45, 7) is 7.13. The van der Waals surface area contributed by atoms with Gasteiger partial charge in [-0.25, -0.2) is 8.42 Å². The summed E-state index contributed by atoms with van der Waals surface area (Å²) in [5.74, 6) is 1.22. The molecule has 33 heavy (non-hydrogen) atoms. The van der Waals surface area contributed by atoms with Crippen molar-refractivity contribution in [3.05, 3.63) is 54.1 Å². The van der Waals surface area contributed by atoms with E-state index < -0.39 is 10.0 Å². The molecule has 0 aliphatic carbocycles. The van der Waals surface area contributed by atoms with Crippen molar-refractivity contribution in [2.45, 2.75) is 24.8 Å². The Kier molecular flexibility index (Phi) is 9.97. The quantitative estimate of drug-likeness (QED) is 0.573. The highest BCUT2D eigenvalue weighted by atomic mass is 35.5. The van der Waals surface area contributed by atoms with E-state index in [1.54, 1.807) is 55.6 Å². The van der Waals surface area contributed by atoms with Gasteiger partial charge in [0.05, 0.1) is 18.1 Å². The number of carbonyl (C=O) groups is 1. The first kappa shape index (κ1) is 26.9. The maximum Gasteiger partial charge on any atom is 0.251 e. The minimum atomic E-state index is -3.52. The van der Waals surface area contributed by atoms with Gasteiger partial charge in [-0.05, 0) is 62.4 Å². The van der Waals surface area contributed by atoms with Crippen molar-refractivity contribution in [2.24, 2.45) is 0 Å². The second kappa shape index (κ2) is 12.2. The van der Waals surface area contributed by atoms with E-state index in [1.807, 2.05) is 13.8 Å². The molecule has 0 spiro atoms. The van der Waals surface area contributed by atoms with Crippen LogP contribution < -0.4 is 14.8 Å². The molecule has 0 atom stereocenters. The number of hydrogen-bond donors (Lipinski definition) is 1. The fraction of sp³-hybridized carbons (Fsp3) is 0.435. The summed E-state index contributed by atoms with van der Waals surface area (Å²) in [5, 5.41) is 2.92. The predicted molar refractivity (Wildman–Crippen MR) is 130 cm³/mol. The second-order valence-corrected chi connectivity index (χ2v) is 9.81. The average molecular weight is 498 g/mol. The van der Waals surface area contributed by atoms with Gasteiger partial charge in [0.25, 0.3) is 5.91 Å². The molecule has 10 heteroatoms. The number of benzene rings is 2. The van der Waals surface area contributed by atoms with E-state index in [1.165, 1.54) is 4.31 Å². The highest BCUT2D eigenvalue weighted by Gasteiger charge is 2.28. The van der Waals surface area contributed by atoms with Gasteiger partial charge in [-0.15, -0.1) is 12.4 Å².